The van der Waals surface area contributed by atoms with Crippen LogP contribution in [0.1, 0.15) is 26.3 Å². The smallest absolute Gasteiger partial charge is 0.407 e. The van der Waals surface area contributed by atoms with Crippen molar-refractivity contribution in [3.05, 3.63) is 35.9 Å². The van der Waals surface area contributed by atoms with Gasteiger partial charge in [-0.1, -0.05) is 30.3 Å². The second-order valence-electron chi connectivity index (χ2n) is 5.76. The Bertz CT molecular complexity index is 456. The van der Waals surface area contributed by atoms with Crippen molar-refractivity contribution >= 4 is 12.5 Å². The van der Waals surface area contributed by atoms with E-state index in [-0.39, 0.29) is 6.54 Å². The number of nitrogens with zero attached hydrogens (tertiary/aromatic N) is 1. The fourth-order valence-electron chi connectivity index (χ4n) is 1.80. The van der Waals surface area contributed by atoms with Gasteiger partial charge in [0.25, 0.3) is 0 Å². The summed E-state index contributed by atoms with van der Waals surface area (Å²) in [5, 5.41) is 12.5. The summed E-state index contributed by atoms with van der Waals surface area (Å²) >= 11 is 0. The molecule has 0 bridgehead atoms. The van der Waals surface area contributed by atoms with E-state index in [0.717, 1.165) is 5.56 Å². The zero-order valence-corrected chi connectivity index (χ0v) is 12.6. The van der Waals surface area contributed by atoms with E-state index in [2.05, 4.69) is 5.32 Å². The average molecular weight is 294 g/mol. The van der Waals surface area contributed by atoms with Crippen LogP contribution in [0.3, 0.4) is 0 Å². The first-order valence-electron chi connectivity index (χ1n) is 6.74. The first-order valence-corrected chi connectivity index (χ1v) is 6.74. The highest BCUT2D eigenvalue weighted by Gasteiger charge is 2.21. The van der Waals surface area contributed by atoms with Crippen LogP contribution in [0.25, 0.3) is 0 Å². The van der Waals surface area contributed by atoms with Crippen LogP contribution in [-0.2, 0) is 16.0 Å². The lowest BCUT2D eigenvalue weighted by Gasteiger charge is -2.25. The minimum absolute atomic E-state index is 0.0162. The number of hydroxylamine groups is 2. The number of hydrogen-bond acceptors (Lipinski definition) is 4. The number of hydrogen-bond donors (Lipinski definition) is 2. The van der Waals surface area contributed by atoms with Gasteiger partial charge >= 0.3 is 6.09 Å². The predicted molar refractivity (Wildman–Crippen MR) is 77.9 cm³/mol. The molecule has 6 heteroatoms. The zero-order valence-electron chi connectivity index (χ0n) is 12.6. The van der Waals surface area contributed by atoms with Gasteiger partial charge in [-0.05, 0) is 32.8 Å². The molecular weight excluding hydrogens is 272 g/mol. The van der Waals surface area contributed by atoms with Crippen LogP contribution in [0.2, 0.25) is 0 Å². The molecule has 116 valence electrons. The molecule has 0 radical (unpaired) electrons. The third kappa shape index (κ3) is 7.31. The topological polar surface area (TPSA) is 78.9 Å². The summed E-state index contributed by atoms with van der Waals surface area (Å²) < 4.78 is 5.18. The van der Waals surface area contributed by atoms with Crippen molar-refractivity contribution in [3.63, 3.8) is 0 Å². The van der Waals surface area contributed by atoms with Crippen molar-refractivity contribution in [1.29, 1.82) is 0 Å². The zero-order chi connectivity index (χ0) is 15.9. The van der Waals surface area contributed by atoms with Crippen molar-refractivity contribution in [2.45, 2.75) is 38.8 Å². The Morgan fingerprint density at radius 1 is 1.38 bits per heavy atom. The molecule has 21 heavy (non-hydrogen) atoms. The highest BCUT2D eigenvalue weighted by atomic mass is 16.6. The maximum Gasteiger partial charge on any atom is 0.407 e. The quantitative estimate of drug-likeness (QED) is 0.477. The van der Waals surface area contributed by atoms with E-state index < -0.39 is 17.7 Å². The monoisotopic (exact) mass is 294 g/mol. The molecule has 1 aromatic carbocycles. The molecule has 2 amide bonds. The fourth-order valence-corrected chi connectivity index (χ4v) is 1.80. The summed E-state index contributed by atoms with van der Waals surface area (Å²) in [6.45, 7) is 5.28. The molecule has 6 nitrogen and oxygen atoms in total. The highest BCUT2D eigenvalue weighted by Crippen LogP contribution is 2.08. The normalized spacial score (nSPS) is 12.4. The van der Waals surface area contributed by atoms with Crippen LogP contribution in [0.15, 0.2) is 30.3 Å². The molecule has 1 atom stereocenters. The van der Waals surface area contributed by atoms with Gasteiger partial charge < -0.3 is 10.1 Å². The van der Waals surface area contributed by atoms with E-state index in [0.29, 0.717) is 17.9 Å². The number of nitrogens with one attached hydrogen (secondary N) is 1. The van der Waals surface area contributed by atoms with Gasteiger partial charge in [-0.3, -0.25) is 10.0 Å². The van der Waals surface area contributed by atoms with Gasteiger partial charge in [0.05, 0.1) is 12.6 Å². The van der Waals surface area contributed by atoms with Crippen LogP contribution in [-0.4, -0.2) is 41.0 Å². The van der Waals surface area contributed by atoms with E-state index in [4.69, 9.17) is 4.74 Å². The Morgan fingerprint density at radius 3 is 2.52 bits per heavy atom. The van der Waals surface area contributed by atoms with Gasteiger partial charge in [0.15, 0.2) is 0 Å². The van der Waals surface area contributed by atoms with Gasteiger partial charge in [-0.25, -0.2) is 9.86 Å². The Kier molecular flexibility index (Phi) is 6.17. The maximum absolute atomic E-state index is 11.8. The minimum atomic E-state index is -0.606. The number of ether oxygens (including phenoxy) is 1. The molecule has 0 aliphatic carbocycles. The number of amides is 2. The molecule has 2 N–H and O–H groups in total. The molecule has 0 aliphatic heterocycles. The molecule has 0 aromatic heterocycles. The van der Waals surface area contributed by atoms with Gasteiger partial charge in [0, 0.05) is 0 Å². The lowest BCUT2D eigenvalue weighted by atomic mass is 10.1. The van der Waals surface area contributed by atoms with E-state index in [1.165, 1.54) is 0 Å². The second-order valence-corrected chi connectivity index (χ2v) is 5.76. The number of carbonyl (C=O) groups excluding carboxylic acids is 2. The van der Waals surface area contributed by atoms with E-state index in [9.17, 15) is 14.8 Å². The standard InChI is InChI=1S/C15H22N2O4/c1-15(2,3)21-14(19)16-13(10-17(20)11-18)9-12-7-5-4-6-8-12/h4-8,11,13,20H,9-10H2,1-3H3,(H,16,19)/t13-/m1/s1. The third-order valence-corrected chi connectivity index (χ3v) is 2.57. The Hall–Kier alpha value is -2.08. The number of carbonyl (C=O) groups is 2. The summed E-state index contributed by atoms with van der Waals surface area (Å²) in [4.78, 5) is 22.3. The van der Waals surface area contributed by atoms with Crippen molar-refractivity contribution in [3.8, 4) is 0 Å². The first-order chi connectivity index (χ1) is 9.80. The Morgan fingerprint density at radius 2 is 2.00 bits per heavy atom. The molecule has 0 aliphatic rings. The summed E-state index contributed by atoms with van der Waals surface area (Å²) in [5.41, 5.74) is 0.378. The van der Waals surface area contributed by atoms with E-state index in [1.807, 2.05) is 30.3 Å². The third-order valence-electron chi connectivity index (χ3n) is 2.57. The summed E-state index contributed by atoms with van der Waals surface area (Å²) in [6, 6.07) is 9.03. The lowest BCUT2D eigenvalue weighted by Crippen LogP contribution is -2.45. The molecule has 0 fully saturated rings. The van der Waals surface area contributed by atoms with Crippen LogP contribution >= 0.6 is 0 Å². The van der Waals surface area contributed by atoms with Crippen LogP contribution in [0.5, 0.6) is 0 Å². The molecule has 0 saturated heterocycles. The Balaban J connectivity index is 2.68. The second kappa shape index (κ2) is 7.64. The van der Waals surface area contributed by atoms with Gasteiger partial charge in [0.2, 0.25) is 6.41 Å². The molecule has 0 spiro atoms. The maximum atomic E-state index is 11.8. The largest absolute Gasteiger partial charge is 0.444 e. The van der Waals surface area contributed by atoms with Crippen molar-refractivity contribution in [2.75, 3.05) is 6.54 Å². The van der Waals surface area contributed by atoms with Crippen LogP contribution < -0.4 is 5.32 Å². The predicted octanol–water partition coefficient (Wildman–Crippen LogP) is 1.97. The van der Waals surface area contributed by atoms with Gasteiger partial charge in [-0.15, -0.1) is 0 Å². The molecule has 1 rings (SSSR count). The molecule has 0 unspecified atom stereocenters. The minimum Gasteiger partial charge on any atom is -0.444 e. The summed E-state index contributed by atoms with van der Waals surface area (Å²) in [6.07, 6.45) is 0.197. The molecule has 0 heterocycles. The first kappa shape index (κ1) is 17.0. The fraction of sp³-hybridized carbons (Fsp3) is 0.467. The van der Waals surface area contributed by atoms with E-state index in [1.54, 1.807) is 20.8 Å². The number of benzene rings is 1. The van der Waals surface area contributed by atoms with Gasteiger partial charge in [-0.2, -0.15) is 0 Å². The van der Waals surface area contributed by atoms with E-state index >= 15 is 0 Å². The van der Waals surface area contributed by atoms with Crippen molar-refractivity contribution in [2.24, 2.45) is 0 Å². The lowest BCUT2D eigenvalue weighted by molar-refractivity contribution is -0.151. The van der Waals surface area contributed by atoms with Crippen molar-refractivity contribution < 1.29 is 19.5 Å². The SMILES string of the molecule is CC(C)(C)OC(=O)N[C@H](Cc1ccccc1)CN(O)C=O. The highest BCUT2D eigenvalue weighted by molar-refractivity contribution is 5.68. The molecular formula is C15H22N2O4. The van der Waals surface area contributed by atoms with Crippen LogP contribution in [0, 0.1) is 0 Å². The van der Waals surface area contributed by atoms with Crippen molar-refractivity contribution in [1.82, 2.24) is 10.4 Å². The number of rotatable bonds is 6. The average Bonchev–Trinajstić information content (AvgIpc) is 2.37. The molecule has 0 saturated carbocycles. The summed E-state index contributed by atoms with van der Waals surface area (Å²) in [5.74, 6) is 0. The van der Waals surface area contributed by atoms with Gasteiger partial charge in [0.1, 0.15) is 5.60 Å². The number of alkyl carbamates (subject to hydrolysis) is 1. The van der Waals surface area contributed by atoms with Crippen LogP contribution in [0.4, 0.5) is 4.79 Å². The molecule has 1 aromatic rings. The Labute approximate surface area is 124 Å². The summed E-state index contributed by atoms with van der Waals surface area (Å²) in [7, 11) is 0.